The van der Waals surface area contributed by atoms with Crippen molar-refractivity contribution in [1.29, 1.82) is 0 Å². The minimum atomic E-state index is -0.285. The van der Waals surface area contributed by atoms with Crippen molar-refractivity contribution >= 4 is 27.3 Å². The molecule has 5 heteroatoms. The molecule has 0 saturated heterocycles. The molecule has 0 radical (unpaired) electrons. The van der Waals surface area contributed by atoms with Crippen LogP contribution in [0.3, 0.4) is 0 Å². The smallest absolute Gasteiger partial charge is 0.261 e. The zero-order valence-electron chi connectivity index (χ0n) is 13.3. The molecule has 0 bridgehead atoms. The summed E-state index contributed by atoms with van der Waals surface area (Å²) in [6.07, 6.45) is 1.62. The number of thiophene rings is 1. The maximum atomic E-state index is 13.9. The van der Waals surface area contributed by atoms with Crippen LogP contribution in [0.5, 0.6) is 5.75 Å². The summed E-state index contributed by atoms with van der Waals surface area (Å²) in [6, 6.07) is 12.0. The molecule has 0 unspecified atom stereocenters. The Morgan fingerprint density at radius 2 is 1.96 bits per heavy atom. The van der Waals surface area contributed by atoms with Crippen LogP contribution in [0, 0.1) is 12.7 Å². The van der Waals surface area contributed by atoms with Crippen LogP contribution in [-0.4, -0.2) is 17.6 Å². The number of hydrogen-bond donors (Lipinski definition) is 2. The van der Waals surface area contributed by atoms with Gasteiger partial charge in [-0.15, -0.1) is 11.3 Å². The van der Waals surface area contributed by atoms with Gasteiger partial charge in [0, 0.05) is 16.6 Å². The minimum absolute atomic E-state index is 0.154. The number of fused-ring (bicyclic) bond motifs is 1. The van der Waals surface area contributed by atoms with E-state index < -0.39 is 0 Å². The third kappa shape index (κ3) is 3.41. The summed E-state index contributed by atoms with van der Waals surface area (Å²) < 4.78 is 14.7. The number of amides is 1. The molecule has 1 aromatic heterocycles. The molecule has 3 rings (SSSR count). The zero-order valence-corrected chi connectivity index (χ0v) is 14.1. The van der Waals surface area contributed by atoms with E-state index in [0.29, 0.717) is 22.4 Å². The van der Waals surface area contributed by atoms with Gasteiger partial charge >= 0.3 is 0 Å². The second-order valence-corrected chi connectivity index (χ2v) is 6.75. The van der Waals surface area contributed by atoms with Crippen LogP contribution in [0.4, 0.5) is 4.39 Å². The number of phenols is 1. The first-order valence-corrected chi connectivity index (χ1v) is 8.61. The average molecular weight is 343 g/mol. The lowest BCUT2D eigenvalue weighted by atomic mass is 10.1. The van der Waals surface area contributed by atoms with Gasteiger partial charge in [0.25, 0.3) is 5.91 Å². The molecule has 124 valence electrons. The highest BCUT2D eigenvalue weighted by atomic mass is 32.1. The SMILES string of the molecule is Cc1c(C(=O)NCCCc2ccc(O)cc2)sc2cccc(F)c12. The van der Waals surface area contributed by atoms with Gasteiger partial charge in [0.2, 0.25) is 0 Å². The average Bonchev–Trinajstić information content (AvgIpc) is 2.91. The molecule has 2 aromatic carbocycles. The standard InChI is InChI=1S/C19H18FNO2S/c1-12-17-15(20)5-2-6-16(17)24-18(12)19(23)21-11-3-4-13-7-9-14(22)10-8-13/h2,5-10,22H,3-4,11H2,1H3,(H,21,23). The lowest BCUT2D eigenvalue weighted by molar-refractivity contribution is 0.0957. The molecule has 0 aliphatic carbocycles. The van der Waals surface area contributed by atoms with Crippen LogP contribution >= 0.6 is 11.3 Å². The number of carbonyl (C=O) groups is 1. The normalized spacial score (nSPS) is 10.9. The molecule has 0 fully saturated rings. The first kappa shape index (κ1) is 16.5. The van der Waals surface area contributed by atoms with Crippen molar-refractivity contribution in [2.45, 2.75) is 19.8 Å². The fraction of sp³-hybridized carbons (Fsp3) is 0.211. The van der Waals surface area contributed by atoms with E-state index in [2.05, 4.69) is 5.32 Å². The largest absolute Gasteiger partial charge is 0.508 e. The second kappa shape index (κ2) is 7.01. The molecule has 2 N–H and O–H groups in total. The highest BCUT2D eigenvalue weighted by Gasteiger charge is 2.17. The zero-order chi connectivity index (χ0) is 17.1. The number of aryl methyl sites for hydroxylation is 2. The lowest BCUT2D eigenvalue weighted by Gasteiger charge is -2.05. The van der Waals surface area contributed by atoms with E-state index in [1.54, 1.807) is 25.1 Å². The van der Waals surface area contributed by atoms with Gasteiger partial charge in [0.15, 0.2) is 0 Å². The molecule has 1 amide bonds. The Hall–Kier alpha value is -2.40. The quantitative estimate of drug-likeness (QED) is 0.674. The first-order valence-electron chi connectivity index (χ1n) is 7.80. The Morgan fingerprint density at radius 1 is 1.21 bits per heavy atom. The minimum Gasteiger partial charge on any atom is -0.508 e. The Labute approximate surface area is 143 Å². The Balaban J connectivity index is 1.60. The molecule has 24 heavy (non-hydrogen) atoms. The van der Waals surface area contributed by atoms with E-state index in [-0.39, 0.29) is 17.5 Å². The molecular weight excluding hydrogens is 325 g/mol. The molecule has 0 spiro atoms. The Bertz CT molecular complexity index is 871. The predicted molar refractivity (Wildman–Crippen MR) is 95.3 cm³/mol. The van der Waals surface area contributed by atoms with Crippen molar-refractivity contribution in [1.82, 2.24) is 5.32 Å². The van der Waals surface area contributed by atoms with Crippen LogP contribution in [-0.2, 0) is 6.42 Å². The highest BCUT2D eigenvalue weighted by Crippen LogP contribution is 2.32. The fourth-order valence-corrected chi connectivity index (χ4v) is 3.85. The Kier molecular flexibility index (Phi) is 4.81. The maximum Gasteiger partial charge on any atom is 0.261 e. The molecule has 0 aliphatic heterocycles. The topological polar surface area (TPSA) is 49.3 Å². The number of nitrogens with one attached hydrogen (secondary N) is 1. The summed E-state index contributed by atoms with van der Waals surface area (Å²) in [6.45, 7) is 2.34. The van der Waals surface area contributed by atoms with Crippen molar-refractivity contribution in [3.05, 3.63) is 64.3 Å². The van der Waals surface area contributed by atoms with Crippen molar-refractivity contribution in [2.24, 2.45) is 0 Å². The van der Waals surface area contributed by atoms with E-state index in [9.17, 15) is 14.3 Å². The third-order valence-corrected chi connectivity index (χ3v) is 5.23. The number of phenolic OH excluding ortho intramolecular Hbond substituents is 1. The number of carbonyl (C=O) groups excluding carboxylic acids is 1. The second-order valence-electron chi connectivity index (χ2n) is 5.70. The van der Waals surface area contributed by atoms with Gasteiger partial charge in [-0.05, 0) is 55.2 Å². The number of halogens is 1. The van der Waals surface area contributed by atoms with E-state index in [1.807, 2.05) is 18.2 Å². The van der Waals surface area contributed by atoms with E-state index in [4.69, 9.17) is 0 Å². The van der Waals surface area contributed by atoms with E-state index in [0.717, 1.165) is 23.1 Å². The first-order chi connectivity index (χ1) is 11.6. The monoisotopic (exact) mass is 343 g/mol. The molecule has 0 saturated carbocycles. The van der Waals surface area contributed by atoms with Crippen LogP contribution in [0.15, 0.2) is 42.5 Å². The van der Waals surface area contributed by atoms with Crippen molar-refractivity contribution in [3.63, 3.8) is 0 Å². The van der Waals surface area contributed by atoms with Gasteiger partial charge in [-0.25, -0.2) is 4.39 Å². The molecule has 1 heterocycles. The third-order valence-electron chi connectivity index (χ3n) is 3.97. The predicted octanol–water partition coefficient (Wildman–Crippen LogP) is 4.42. The molecule has 0 atom stereocenters. The van der Waals surface area contributed by atoms with Crippen molar-refractivity contribution in [2.75, 3.05) is 6.54 Å². The van der Waals surface area contributed by atoms with Gasteiger partial charge in [0.05, 0.1) is 4.88 Å². The van der Waals surface area contributed by atoms with Crippen LogP contribution in [0.2, 0.25) is 0 Å². The number of benzene rings is 2. The number of hydrogen-bond acceptors (Lipinski definition) is 3. The molecule has 0 aliphatic rings. The summed E-state index contributed by atoms with van der Waals surface area (Å²) in [4.78, 5) is 12.9. The van der Waals surface area contributed by atoms with E-state index in [1.165, 1.54) is 17.4 Å². The van der Waals surface area contributed by atoms with Crippen molar-refractivity contribution < 1.29 is 14.3 Å². The summed E-state index contributed by atoms with van der Waals surface area (Å²) in [5.41, 5.74) is 1.81. The summed E-state index contributed by atoms with van der Waals surface area (Å²) in [5.74, 6) is -0.189. The molecule has 3 aromatic rings. The van der Waals surface area contributed by atoms with Gasteiger partial charge in [-0.2, -0.15) is 0 Å². The van der Waals surface area contributed by atoms with E-state index >= 15 is 0 Å². The summed E-state index contributed by atoms with van der Waals surface area (Å²) in [5, 5.41) is 12.7. The number of aromatic hydroxyl groups is 1. The number of rotatable bonds is 5. The summed E-state index contributed by atoms with van der Waals surface area (Å²) in [7, 11) is 0. The maximum absolute atomic E-state index is 13.9. The van der Waals surface area contributed by atoms with Gasteiger partial charge in [0.1, 0.15) is 11.6 Å². The van der Waals surface area contributed by atoms with Gasteiger partial charge < -0.3 is 10.4 Å². The lowest BCUT2D eigenvalue weighted by Crippen LogP contribution is -2.24. The van der Waals surface area contributed by atoms with Crippen LogP contribution in [0.25, 0.3) is 10.1 Å². The molecular formula is C19H18FNO2S. The van der Waals surface area contributed by atoms with Crippen LogP contribution < -0.4 is 5.32 Å². The summed E-state index contributed by atoms with van der Waals surface area (Å²) >= 11 is 1.32. The fourth-order valence-electron chi connectivity index (χ4n) is 2.71. The van der Waals surface area contributed by atoms with Crippen molar-refractivity contribution in [3.8, 4) is 5.75 Å². The molecule has 3 nitrogen and oxygen atoms in total. The van der Waals surface area contributed by atoms with Gasteiger partial charge in [-0.3, -0.25) is 4.79 Å². The van der Waals surface area contributed by atoms with Gasteiger partial charge in [-0.1, -0.05) is 18.2 Å². The Morgan fingerprint density at radius 3 is 2.67 bits per heavy atom. The van der Waals surface area contributed by atoms with Crippen LogP contribution in [0.1, 0.15) is 27.2 Å². The highest BCUT2D eigenvalue weighted by molar-refractivity contribution is 7.21.